The van der Waals surface area contributed by atoms with Crippen LogP contribution in [-0.4, -0.2) is 26.0 Å². The third kappa shape index (κ3) is 3.31. The molecule has 0 aliphatic heterocycles. The molecule has 1 aromatic heterocycles. The van der Waals surface area contributed by atoms with Gasteiger partial charge in [0, 0.05) is 17.8 Å². The van der Waals surface area contributed by atoms with Gasteiger partial charge >= 0.3 is 0 Å². The van der Waals surface area contributed by atoms with Gasteiger partial charge in [-0.05, 0) is 24.3 Å². The van der Waals surface area contributed by atoms with Crippen molar-refractivity contribution in [2.75, 3.05) is 14.2 Å². The highest BCUT2D eigenvalue weighted by molar-refractivity contribution is 5.63. The monoisotopic (exact) mass is 245 g/mol. The molecule has 0 N–H and O–H groups in total. The largest absolute Gasteiger partial charge is 0.497 e. The molecular weight excluding hydrogens is 230 g/mol. The molecule has 0 bridgehead atoms. The molecule has 0 fully saturated rings. The zero-order valence-corrected chi connectivity index (χ0v) is 10.4. The number of hydrogen-bond acceptors (Lipinski definition) is 4. The molecule has 0 radical (unpaired) electrons. The van der Waals surface area contributed by atoms with E-state index in [2.05, 4.69) is 4.98 Å². The Morgan fingerprint density at radius 2 is 1.61 bits per heavy atom. The van der Waals surface area contributed by atoms with Gasteiger partial charge in [-0.15, -0.1) is 0 Å². The zero-order valence-electron chi connectivity index (χ0n) is 10.4. The summed E-state index contributed by atoms with van der Waals surface area (Å²) in [5.74, 6) is 1.53. The second kappa shape index (κ2) is 7.06. The van der Waals surface area contributed by atoms with Crippen molar-refractivity contribution in [3.63, 3.8) is 0 Å². The molecule has 94 valence electrons. The van der Waals surface area contributed by atoms with Crippen LogP contribution < -0.4 is 9.47 Å². The highest BCUT2D eigenvalue weighted by Gasteiger charge is 2.04. The van der Waals surface area contributed by atoms with Crippen LogP contribution in [0.2, 0.25) is 0 Å². The standard InChI is InChI=1S/C13H13NO2.CH2O/c1-15-11-7-10(8-12(9-11)16-2)13-5-3-4-6-14-13;1-2/h3-9H,1-2H3;1H2. The summed E-state index contributed by atoms with van der Waals surface area (Å²) in [7, 11) is 3.27. The van der Waals surface area contributed by atoms with E-state index >= 15 is 0 Å². The molecule has 1 aromatic carbocycles. The fourth-order valence-electron chi connectivity index (χ4n) is 1.49. The molecule has 0 amide bonds. The first-order chi connectivity index (χ1) is 8.83. The van der Waals surface area contributed by atoms with E-state index in [0.29, 0.717) is 0 Å². The van der Waals surface area contributed by atoms with E-state index in [1.54, 1.807) is 20.4 Å². The van der Waals surface area contributed by atoms with Crippen molar-refractivity contribution in [3.05, 3.63) is 42.6 Å². The second-order valence-corrected chi connectivity index (χ2v) is 3.32. The molecule has 18 heavy (non-hydrogen) atoms. The van der Waals surface area contributed by atoms with Crippen molar-refractivity contribution in [2.24, 2.45) is 0 Å². The van der Waals surface area contributed by atoms with E-state index in [1.165, 1.54) is 0 Å². The van der Waals surface area contributed by atoms with Gasteiger partial charge in [0.05, 0.1) is 19.9 Å². The predicted octanol–water partition coefficient (Wildman–Crippen LogP) is 2.58. The Morgan fingerprint density at radius 1 is 1.00 bits per heavy atom. The molecule has 0 saturated carbocycles. The van der Waals surface area contributed by atoms with Crippen molar-refractivity contribution in [2.45, 2.75) is 0 Å². The maximum absolute atomic E-state index is 8.00. The van der Waals surface area contributed by atoms with Gasteiger partial charge in [-0.25, -0.2) is 0 Å². The summed E-state index contributed by atoms with van der Waals surface area (Å²) in [4.78, 5) is 12.3. The lowest BCUT2D eigenvalue weighted by Gasteiger charge is -2.07. The third-order valence-electron chi connectivity index (χ3n) is 2.31. The van der Waals surface area contributed by atoms with E-state index in [9.17, 15) is 0 Å². The Hall–Kier alpha value is -2.36. The fourth-order valence-corrected chi connectivity index (χ4v) is 1.49. The fraction of sp³-hybridized carbons (Fsp3) is 0.143. The van der Waals surface area contributed by atoms with Crippen LogP contribution in [0.25, 0.3) is 11.3 Å². The summed E-state index contributed by atoms with van der Waals surface area (Å²) in [6, 6.07) is 11.5. The Balaban J connectivity index is 0.000000771. The molecule has 4 heteroatoms. The lowest BCUT2D eigenvalue weighted by molar-refractivity contribution is -0.0979. The predicted molar refractivity (Wildman–Crippen MR) is 69.9 cm³/mol. The van der Waals surface area contributed by atoms with E-state index in [1.807, 2.05) is 43.2 Å². The molecule has 2 rings (SSSR count). The number of carbonyl (C=O) groups is 1. The van der Waals surface area contributed by atoms with Crippen LogP contribution in [0.3, 0.4) is 0 Å². The van der Waals surface area contributed by atoms with Crippen LogP contribution in [0.5, 0.6) is 11.5 Å². The van der Waals surface area contributed by atoms with Crippen molar-refractivity contribution >= 4 is 6.79 Å². The maximum Gasteiger partial charge on any atom is 0.123 e. The average Bonchev–Trinajstić information content (AvgIpc) is 2.49. The first-order valence-corrected chi connectivity index (χ1v) is 5.27. The summed E-state index contributed by atoms with van der Waals surface area (Å²) in [6.07, 6.45) is 1.77. The second-order valence-electron chi connectivity index (χ2n) is 3.32. The van der Waals surface area contributed by atoms with Gasteiger partial charge in [0.15, 0.2) is 0 Å². The van der Waals surface area contributed by atoms with Crippen LogP contribution >= 0.6 is 0 Å². The summed E-state index contributed by atoms with van der Waals surface area (Å²) >= 11 is 0. The molecule has 0 spiro atoms. The Bertz CT molecular complexity index is 463. The molecular formula is C14H15NO3. The molecule has 0 aliphatic rings. The van der Waals surface area contributed by atoms with Crippen LogP contribution in [0.1, 0.15) is 0 Å². The lowest BCUT2D eigenvalue weighted by Crippen LogP contribution is -1.89. The SMILES string of the molecule is C=O.COc1cc(OC)cc(-c2ccccn2)c1. The average molecular weight is 245 g/mol. The first-order valence-electron chi connectivity index (χ1n) is 5.27. The minimum absolute atomic E-state index is 0.764. The number of aromatic nitrogens is 1. The van der Waals surface area contributed by atoms with Crippen molar-refractivity contribution < 1.29 is 14.3 Å². The molecule has 0 saturated heterocycles. The molecule has 1 heterocycles. The highest BCUT2D eigenvalue weighted by atomic mass is 16.5. The van der Waals surface area contributed by atoms with Gasteiger partial charge in [-0.3, -0.25) is 4.98 Å². The van der Waals surface area contributed by atoms with Gasteiger partial charge in [0.25, 0.3) is 0 Å². The van der Waals surface area contributed by atoms with Crippen LogP contribution in [0, 0.1) is 0 Å². The quantitative estimate of drug-likeness (QED) is 0.833. The van der Waals surface area contributed by atoms with Crippen LogP contribution in [0.4, 0.5) is 0 Å². The maximum atomic E-state index is 8.00. The molecule has 0 atom stereocenters. The number of carbonyl (C=O) groups excluding carboxylic acids is 1. The van der Waals surface area contributed by atoms with Crippen molar-refractivity contribution in [1.29, 1.82) is 0 Å². The van der Waals surface area contributed by atoms with Gasteiger partial charge in [0.1, 0.15) is 18.3 Å². The van der Waals surface area contributed by atoms with E-state index in [4.69, 9.17) is 14.3 Å². The molecule has 0 unspecified atom stereocenters. The summed E-state index contributed by atoms with van der Waals surface area (Å²) in [5, 5.41) is 0. The lowest BCUT2D eigenvalue weighted by atomic mass is 10.1. The number of methoxy groups -OCH3 is 2. The van der Waals surface area contributed by atoms with E-state index in [0.717, 1.165) is 22.8 Å². The van der Waals surface area contributed by atoms with Crippen molar-refractivity contribution in [3.8, 4) is 22.8 Å². The number of rotatable bonds is 3. The van der Waals surface area contributed by atoms with Crippen LogP contribution in [-0.2, 0) is 4.79 Å². The van der Waals surface area contributed by atoms with E-state index in [-0.39, 0.29) is 0 Å². The number of nitrogens with zero attached hydrogens (tertiary/aromatic N) is 1. The van der Waals surface area contributed by atoms with Crippen molar-refractivity contribution in [1.82, 2.24) is 4.98 Å². The first kappa shape index (κ1) is 13.7. The summed E-state index contributed by atoms with van der Waals surface area (Å²) in [5.41, 5.74) is 1.89. The molecule has 4 nitrogen and oxygen atoms in total. The highest BCUT2D eigenvalue weighted by Crippen LogP contribution is 2.28. The Labute approximate surface area is 106 Å². The number of pyridine rings is 1. The zero-order chi connectivity index (χ0) is 13.4. The Kier molecular flexibility index (Phi) is 5.38. The number of hydrogen-bond donors (Lipinski definition) is 0. The minimum atomic E-state index is 0.764. The van der Waals surface area contributed by atoms with Gasteiger partial charge < -0.3 is 14.3 Å². The third-order valence-corrected chi connectivity index (χ3v) is 2.31. The normalized spacial score (nSPS) is 9.00. The molecule has 2 aromatic rings. The van der Waals surface area contributed by atoms with Gasteiger partial charge in [-0.2, -0.15) is 0 Å². The van der Waals surface area contributed by atoms with E-state index < -0.39 is 0 Å². The number of ether oxygens (including phenoxy) is 2. The smallest absolute Gasteiger partial charge is 0.123 e. The minimum Gasteiger partial charge on any atom is -0.497 e. The number of benzene rings is 1. The van der Waals surface area contributed by atoms with Crippen LogP contribution in [0.15, 0.2) is 42.6 Å². The summed E-state index contributed by atoms with van der Waals surface area (Å²) in [6.45, 7) is 2.00. The van der Waals surface area contributed by atoms with Gasteiger partial charge in [-0.1, -0.05) is 6.07 Å². The summed E-state index contributed by atoms with van der Waals surface area (Å²) < 4.78 is 10.4. The molecule has 0 aliphatic carbocycles. The van der Waals surface area contributed by atoms with Gasteiger partial charge in [0.2, 0.25) is 0 Å². The topological polar surface area (TPSA) is 48.4 Å². The Morgan fingerprint density at radius 3 is 2.06 bits per heavy atom.